The number of nitrogens with zero attached hydrogens (tertiary/aromatic N) is 1. The number of aryl methyl sites for hydroxylation is 1. The average molecular weight is 382 g/mol. The van der Waals surface area contributed by atoms with E-state index in [2.05, 4.69) is 42.9 Å². The van der Waals surface area contributed by atoms with E-state index in [1.165, 1.54) is 4.88 Å². The van der Waals surface area contributed by atoms with Crippen LogP contribution in [-0.4, -0.2) is 31.6 Å². The highest BCUT2D eigenvalue weighted by Crippen LogP contribution is 2.23. The molecule has 0 aliphatic heterocycles. The van der Waals surface area contributed by atoms with Crippen LogP contribution < -0.4 is 10.6 Å². The lowest BCUT2D eigenvalue weighted by molar-refractivity contribution is 0.244. The number of benzene rings is 1. The predicted octanol–water partition coefficient (Wildman–Crippen LogP) is 4.24. The molecule has 2 amide bonds. The molecule has 0 saturated carbocycles. The number of urea groups is 1. The molecule has 22 heavy (non-hydrogen) atoms. The molecule has 0 fully saturated rings. The van der Waals surface area contributed by atoms with Gasteiger partial charge in [0.15, 0.2) is 0 Å². The maximum Gasteiger partial charge on any atom is 0.319 e. The van der Waals surface area contributed by atoms with Crippen molar-refractivity contribution in [1.29, 1.82) is 0 Å². The summed E-state index contributed by atoms with van der Waals surface area (Å²) in [5.41, 5.74) is 1.84. The minimum atomic E-state index is -0.190. The molecule has 118 valence electrons. The molecule has 0 radical (unpaired) electrons. The van der Waals surface area contributed by atoms with Crippen LogP contribution in [0.1, 0.15) is 16.5 Å². The van der Waals surface area contributed by atoms with Gasteiger partial charge in [0, 0.05) is 21.6 Å². The van der Waals surface area contributed by atoms with Gasteiger partial charge < -0.3 is 15.5 Å². The molecule has 6 heteroatoms. The van der Waals surface area contributed by atoms with Crippen molar-refractivity contribution < 1.29 is 4.79 Å². The molecule has 4 nitrogen and oxygen atoms in total. The first-order valence-electron chi connectivity index (χ1n) is 6.98. The Kier molecular flexibility index (Phi) is 5.99. The summed E-state index contributed by atoms with van der Waals surface area (Å²) in [7, 11) is 4.03. The summed E-state index contributed by atoms with van der Waals surface area (Å²) in [6.45, 7) is 2.53. The first-order valence-corrected chi connectivity index (χ1v) is 8.65. The highest BCUT2D eigenvalue weighted by atomic mass is 79.9. The van der Waals surface area contributed by atoms with Gasteiger partial charge in [-0.3, -0.25) is 0 Å². The van der Waals surface area contributed by atoms with Gasteiger partial charge in [-0.05, 0) is 50.2 Å². The molecule has 2 aromatic rings. The second-order valence-corrected chi connectivity index (χ2v) is 7.18. The van der Waals surface area contributed by atoms with Crippen molar-refractivity contribution in [3.05, 3.63) is 50.6 Å². The van der Waals surface area contributed by atoms with E-state index >= 15 is 0 Å². The number of anilines is 1. The fourth-order valence-electron chi connectivity index (χ4n) is 2.10. The van der Waals surface area contributed by atoms with E-state index in [0.717, 1.165) is 15.7 Å². The molecule has 0 spiro atoms. The van der Waals surface area contributed by atoms with Crippen LogP contribution in [0.15, 0.2) is 40.2 Å². The van der Waals surface area contributed by atoms with Crippen molar-refractivity contribution in [3.8, 4) is 0 Å². The summed E-state index contributed by atoms with van der Waals surface area (Å²) >= 11 is 5.12. The number of rotatable bonds is 5. The Labute approximate surface area is 143 Å². The number of halogens is 1. The van der Waals surface area contributed by atoms with Crippen LogP contribution >= 0.6 is 27.3 Å². The minimum Gasteiger partial charge on any atom is -0.336 e. The third-order valence-electron chi connectivity index (χ3n) is 3.40. The van der Waals surface area contributed by atoms with Gasteiger partial charge in [0.05, 0.1) is 6.04 Å². The number of likely N-dealkylation sites (N-methyl/N-ethyl adjacent to an activating group) is 1. The molecular formula is C16H20BrN3OS. The first-order chi connectivity index (χ1) is 10.5. The molecule has 0 aliphatic rings. The molecule has 1 aromatic carbocycles. The van der Waals surface area contributed by atoms with Crippen LogP contribution in [0.25, 0.3) is 0 Å². The zero-order chi connectivity index (χ0) is 16.1. The number of nitrogens with one attached hydrogen (secondary N) is 2. The Bertz CT molecular complexity index is 628. The fourth-order valence-corrected chi connectivity index (χ4v) is 3.39. The first kappa shape index (κ1) is 17.0. The lowest BCUT2D eigenvalue weighted by Crippen LogP contribution is -2.36. The Morgan fingerprint density at radius 2 is 2.14 bits per heavy atom. The molecule has 2 rings (SSSR count). The Hall–Kier alpha value is -1.37. The molecule has 0 aliphatic carbocycles. The van der Waals surface area contributed by atoms with Crippen molar-refractivity contribution in [2.24, 2.45) is 0 Å². The van der Waals surface area contributed by atoms with Crippen LogP contribution in [0.2, 0.25) is 0 Å². The van der Waals surface area contributed by atoms with Crippen LogP contribution in [0.4, 0.5) is 10.5 Å². The Morgan fingerprint density at radius 3 is 2.77 bits per heavy atom. The number of amides is 2. The second-order valence-electron chi connectivity index (χ2n) is 5.29. The molecule has 2 N–H and O–H groups in total. The topological polar surface area (TPSA) is 44.4 Å². The van der Waals surface area contributed by atoms with Gasteiger partial charge >= 0.3 is 6.03 Å². The highest BCUT2D eigenvalue weighted by Gasteiger charge is 2.16. The standard InChI is InChI=1S/C16H20BrN3OS/c1-11-6-7-12(17)9-13(11)19-16(21)18-10-14(20(2)3)15-5-4-8-22-15/h4-9,14H,10H2,1-3H3,(H2,18,19,21). The smallest absolute Gasteiger partial charge is 0.319 e. The molecule has 0 saturated heterocycles. The van der Waals surface area contributed by atoms with Gasteiger partial charge in [-0.15, -0.1) is 11.3 Å². The quantitative estimate of drug-likeness (QED) is 0.812. The molecule has 1 heterocycles. The summed E-state index contributed by atoms with van der Waals surface area (Å²) in [5, 5.41) is 7.89. The number of carbonyl (C=O) groups excluding carboxylic acids is 1. The SMILES string of the molecule is Cc1ccc(Br)cc1NC(=O)NCC(c1cccs1)N(C)C. The van der Waals surface area contributed by atoms with Crippen LogP contribution in [-0.2, 0) is 0 Å². The zero-order valence-electron chi connectivity index (χ0n) is 12.9. The highest BCUT2D eigenvalue weighted by molar-refractivity contribution is 9.10. The van der Waals surface area contributed by atoms with E-state index in [4.69, 9.17) is 0 Å². The average Bonchev–Trinajstić information content (AvgIpc) is 2.96. The number of hydrogen-bond donors (Lipinski definition) is 2. The van der Waals surface area contributed by atoms with Crippen molar-refractivity contribution in [1.82, 2.24) is 10.2 Å². The van der Waals surface area contributed by atoms with Crippen LogP contribution in [0.3, 0.4) is 0 Å². The monoisotopic (exact) mass is 381 g/mol. The van der Waals surface area contributed by atoms with E-state index in [1.54, 1.807) is 11.3 Å². The second kappa shape index (κ2) is 7.76. The molecule has 1 unspecified atom stereocenters. The van der Waals surface area contributed by atoms with Crippen LogP contribution in [0, 0.1) is 6.92 Å². The van der Waals surface area contributed by atoms with Gasteiger partial charge in [0.2, 0.25) is 0 Å². The predicted molar refractivity (Wildman–Crippen MR) is 96.6 cm³/mol. The molecular weight excluding hydrogens is 362 g/mol. The molecule has 1 aromatic heterocycles. The van der Waals surface area contributed by atoms with Crippen molar-refractivity contribution in [2.45, 2.75) is 13.0 Å². The van der Waals surface area contributed by atoms with E-state index in [0.29, 0.717) is 6.54 Å². The number of hydrogen-bond acceptors (Lipinski definition) is 3. The number of thiophene rings is 1. The van der Waals surface area contributed by atoms with E-state index in [9.17, 15) is 4.79 Å². The Morgan fingerprint density at radius 1 is 1.36 bits per heavy atom. The summed E-state index contributed by atoms with van der Waals surface area (Å²) in [6, 6.07) is 9.93. The summed E-state index contributed by atoms with van der Waals surface area (Å²) in [6.07, 6.45) is 0. The van der Waals surface area contributed by atoms with Gasteiger partial charge in [-0.2, -0.15) is 0 Å². The molecule has 0 bridgehead atoms. The van der Waals surface area contributed by atoms with E-state index < -0.39 is 0 Å². The minimum absolute atomic E-state index is 0.175. The lowest BCUT2D eigenvalue weighted by atomic mass is 10.2. The lowest BCUT2D eigenvalue weighted by Gasteiger charge is -2.23. The van der Waals surface area contributed by atoms with Gasteiger partial charge in [0.25, 0.3) is 0 Å². The summed E-state index contributed by atoms with van der Waals surface area (Å²) in [5.74, 6) is 0. The third-order valence-corrected chi connectivity index (χ3v) is 4.87. The van der Waals surface area contributed by atoms with Gasteiger partial charge in [-0.25, -0.2) is 4.79 Å². The van der Waals surface area contributed by atoms with Gasteiger partial charge in [0.1, 0.15) is 0 Å². The normalized spacial score (nSPS) is 12.2. The maximum atomic E-state index is 12.1. The van der Waals surface area contributed by atoms with E-state index in [-0.39, 0.29) is 12.1 Å². The fraction of sp³-hybridized carbons (Fsp3) is 0.312. The largest absolute Gasteiger partial charge is 0.336 e. The third kappa shape index (κ3) is 4.56. The Balaban J connectivity index is 1.95. The van der Waals surface area contributed by atoms with Gasteiger partial charge in [-0.1, -0.05) is 28.1 Å². The zero-order valence-corrected chi connectivity index (χ0v) is 15.3. The van der Waals surface area contributed by atoms with Crippen LogP contribution in [0.5, 0.6) is 0 Å². The molecule has 1 atom stereocenters. The number of carbonyl (C=O) groups is 1. The van der Waals surface area contributed by atoms with E-state index in [1.807, 2.05) is 45.3 Å². The maximum absolute atomic E-state index is 12.1. The summed E-state index contributed by atoms with van der Waals surface area (Å²) < 4.78 is 0.943. The van der Waals surface area contributed by atoms with Crippen molar-refractivity contribution in [2.75, 3.05) is 26.0 Å². The summed E-state index contributed by atoms with van der Waals surface area (Å²) in [4.78, 5) is 15.5. The van der Waals surface area contributed by atoms with Crippen molar-refractivity contribution in [3.63, 3.8) is 0 Å². The van der Waals surface area contributed by atoms with Crippen molar-refractivity contribution >= 4 is 39.0 Å².